The Morgan fingerprint density at radius 2 is 2.29 bits per heavy atom. The highest BCUT2D eigenvalue weighted by molar-refractivity contribution is 6.30. The van der Waals surface area contributed by atoms with Gasteiger partial charge in [0, 0.05) is 6.54 Å². The minimum absolute atomic E-state index is 0.0124. The highest BCUT2D eigenvalue weighted by Crippen LogP contribution is 2.24. The Balaban J connectivity index is 1.96. The average molecular weight is 353 g/mol. The van der Waals surface area contributed by atoms with Crippen LogP contribution in [0.4, 0.5) is 4.79 Å². The third kappa shape index (κ3) is 5.13. The van der Waals surface area contributed by atoms with Gasteiger partial charge in [-0.2, -0.15) is 0 Å². The summed E-state index contributed by atoms with van der Waals surface area (Å²) in [6, 6.07) is 1.88. The van der Waals surface area contributed by atoms with Gasteiger partial charge in [0.15, 0.2) is 0 Å². The lowest BCUT2D eigenvalue weighted by molar-refractivity contribution is 0.0187. The Morgan fingerprint density at radius 3 is 2.96 bits per heavy atom. The Labute approximate surface area is 148 Å². The van der Waals surface area contributed by atoms with Gasteiger partial charge in [0.25, 0.3) is 0 Å². The molecule has 1 aliphatic rings. The van der Waals surface area contributed by atoms with Crippen LogP contribution in [0.1, 0.15) is 39.2 Å². The molecule has 1 amide bonds. The number of likely N-dealkylation sites (tertiary alicyclic amines) is 1. The number of amides is 1. The summed E-state index contributed by atoms with van der Waals surface area (Å²) in [7, 11) is 0. The first-order valence-corrected chi connectivity index (χ1v) is 8.55. The molecule has 0 unspecified atom stereocenters. The summed E-state index contributed by atoms with van der Waals surface area (Å²) in [6.45, 7) is 10.4. The van der Waals surface area contributed by atoms with E-state index in [1.165, 1.54) is 0 Å². The second kappa shape index (κ2) is 7.88. The topological polar surface area (TPSA) is 51.7 Å². The molecule has 0 bridgehead atoms. The fraction of sp³-hybridized carbons (Fsp3) is 0.556. The molecule has 0 aliphatic carbocycles. The molecule has 2 heterocycles. The Bertz CT molecular complexity index is 598. The molecule has 1 aliphatic heterocycles. The van der Waals surface area contributed by atoms with E-state index in [-0.39, 0.29) is 12.1 Å². The van der Waals surface area contributed by atoms with Gasteiger partial charge in [-0.15, -0.1) is 6.58 Å². The molecule has 6 heteroatoms. The van der Waals surface area contributed by atoms with Crippen LogP contribution < -0.4 is 4.74 Å². The summed E-state index contributed by atoms with van der Waals surface area (Å²) in [5, 5.41) is 0.457. The minimum Gasteiger partial charge on any atom is -0.490 e. The van der Waals surface area contributed by atoms with Gasteiger partial charge >= 0.3 is 6.09 Å². The average Bonchev–Trinajstić information content (AvgIpc) is 2.95. The van der Waals surface area contributed by atoms with Gasteiger partial charge in [-0.3, -0.25) is 0 Å². The van der Waals surface area contributed by atoms with Crippen molar-refractivity contribution in [2.45, 2.75) is 51.7 Å². The molecule has 0 radical (unpaired) electrons. The van der Waals surface area contributed by atoms with Crippen molar-refractivity contribution in [1.82, 2.24) is 9.88 Å². The summed E-state index contributed by atoms with van der Waals surface area (Å²) in [4.78, 5) is 18.2. The number of nitrogens with zero attached hydrogens (tertiary/aromatic N) is 2. The highest BCUT2D eigenvalue weighted by Gasteiger charge is 2.32. The first-order valence-electron chi connectivity index (χ1n) is 8.18. The summed E-state index contributed by atoms with van der Waals surface area (Å²) in [5.41, 5.74) is 0.379. The fourth-order valence-corrected chi connectivity index (χ4v) is 2.79. The first-order chi connectivity index (χ1) is 11.3. The molecule has 1 aromatic rings. The van der Waals surface area contributed by atoms with Crippen molar-refractivity contribution >= 4 is 17.7 Å². The molecule has 1 atom stereocenters. The van der Waals surface area contributed by atoms with Crippen molar-refractivity contribution in [3.63, 3.8) is 0 Å². The zero-order valence-electron chi connectivity index (χ0n) is 14.5. The maximum absolute atomic E-state index is 12.3. The SMILES string of the molecule is C=CCc1cc(OC[C@H]2CCCN2C(=O)OC(C)(C)C)cnc1Cl. The van der Waals surface area contributed by atoms with Crippen LogP contribution in [0.2, 0.25) is 5.15 Å². The van der Waals surface area contributed by atoms with Crippen molar-refractivity contribution in [3.8, 4) is 5.75 Å². The number of carbonyl (C=O) groups is 1. The van der Waals surface area contributed by atoms with E-state index in [1.807, 2.05) is 26.8 Å². The van der Waals surface area contributed by atoms with Crippen molar-refractivity contribution in [1.29, 1.82) is 0 Å². The number of aromatic nitrogens is 1. The number of ether oxygens (including phenoxy) is 2. The number of allylic oxidation sites excluding steroid dienone is 1. The summed E-state index contributed by atoms with van der Waals surface area (Å²) in [5.74, 6) is 0.646. The summed E-state index contributed by atoms with van der Waals surface area (Å²) < 4.78 is 11.3. The lowest BCUT2D eigenvalue weighted by Crippen LogP contribution is -2.42. The van der Waals surface area contributed by atoms with E-state index in [4.69, 9.17) is 21.1 Å². The maximum atomic E-state index is 12.3. The van der Waals surface area contributed by atoms with Crippen LogP contribution in [-0.4, -0.2) is 40.8 Å². The molecule has 24 heavy (non-hydrogen) atoms. The van der Waals surface area contributed by atoms with E-state index < -0.39 is 5.60 Å². The molecule has 0 saturated carbocycles. The number of halogens is 1. The smallest absolute Gasteiger partial charge is 0.410 e. The number of pyridine rings is 1. The van der Waals surface area contributed by atoms with Crippen LogP contribution >= 0.6 is 11.6 Å². The molecule has 0 spiro atoms. The van der Waals surface area contributed by atoms with Crippen LogP contribution in [0.25, 0.3) is 0 Å². The standard InChI is InChI=1S/C18H25ClN2O3/c1-5-7-13-10-15(11-20-16(13)19)23-12-14-8-6-9-21(14)17(22)24-18(2,3)4/h5,10-11,14H,1,6-9,12H2,2-4H3/t14-/m1/s1. The van der Waals surface area contributed by atoms with Gasteiger partial charge in [-0.25, -0.2) is 9.78 Å². The summed E-state index contributed by atoms with van der Waals surface area (Å²) >= 11 is 6.04. The normalized spacial score (nSPS) is 17.7. The number of carbonyl (C=O) groups excluding carboxylic acids is 1. The van der Waals surface area contributed by atoms with Crippen molar-refractivity contribution in [3.05, 3.63) is 35.6 Å². The molecule has 5 nitrogen and oxygen atoms in total. The van der Waals surface area contributed by atoms with E-state index >= 15 is 0 Å². The zero-order chi connectivity index (χ0) is 17.7. The molecule has 0 aromatic carbocycles. The number of hydrogen-bond donors (Lipinski definition) is 0. The quantitative estimate of drug-likeness (QED) is 0.587. The van der Waals surface area contributed by atoms with Crippen LogP contribution in [0.3, 0.4) is 0 Å². The zero-order valence-corrected chi connectivity index (χ0v) is 15.3. The monoisotopic (exact) mass is 352 g/mol. The Kier molecular flexibility index (Phi) is 6.10. The van der Waals surface area contributed by atoms with Crippen LogP contribution in [0.15, 0.2) is 24.9 Å². The van der Waals surface area contributed by atoms with Gasteiger partial charge in [0.05, 0.1) is 12.2 Å². The van der Waals surface area contributed by atoms with Crippen molar-refractivity contribution in [2.75, 3.05) is 13.2 Å². The van der Waals surface area contributed by atoms with Crippen molar-refractivity contribution in [2.24, 2.45) is 0 Å². The minimum atomic E-state index is -0.495. The summed E-state index contributed by atoms with van der Waals surface area (Å²) in [6.07, 6.45) is 5.58. The van der Waals surface area contributed by atoms with E-state index in [2.05, 4.69) is 11.6 Å². The van der Waals surface area contributed by atoms with Gasteiger partial charge in [0.2, 0.25) is 0 Å². The van der Waals surface area contributed by atoms with Crippen LogP contribution in [0.5, 0.6) is 5.75 Å². The fourth-order valence-electron chi connectivity index (χ4n) is 2.61. The third-order valence-electron chi connectivity index (χ3n) is 3.70. The van der Waals surface area contributed by atoms with Crippen LogP contribution in [-0.2, 0) is 11.2 Å². The molecule has 132 valence electrons. The number of rotatable bonds is 5. The largest absolute Gasteiger partial charge is 0.490 e. The Hall–Kier alpha value is -1.75. The third-order valence-corrected chi connectivity index (χ3v) is 4.04. The van der Waals surface area contributed by atoms with Gasteiger partial charge in [-0.05, 0) is 51.7 Å². The molecule has 2 rings (SSSR count). The highest BCUT2D eigenvalue weighted by atomic mass is 35.5. The van der Waals surface area contributed by atoms with E-state index in [0.717, 1.165) is 18.4 Å². The van der Waals surface area contributed by atoms with Gasteiger partial charge in [0.1, 0.15) is 23.1 Å². The van der Waals surface area contributed by atoms with E-state index in [0.29, 0.717) is 30.5 Å². The lowest BCUT2D eigenvalue weighted by Gasteiger charge is -2.28. The molecule has 1 fully saturated rings. The molecule has 1 saturated heterocycles. The maximum Gasteiger partial charge on any atom is 0.410 e. The van der Waals surface area contributed by atoms with Crippen molar-refractivity contribution < 1.29 is 14.3 Å². The molecular formula is C18H25ClN2O3. The van der Waals surface area contributed by atoms with Gasteiger partial charge < -0.3 is 14.4 Å². The van der Waals surface area contributed by atoms with E-state index in [9.17, 15) is 4.79 Å². The second-order valence-corrected chi connectivity index (χ2v) is 7.25. The van der Waals surface area contributed by atoms with Crippen LogP contribution in [0, 0.1) is 0 Å². The molecule has 1 aromatic heterocycles. The lowest BCUT2D eigenvalue weighted by atomic mass is 10.2. The van der Waals surface area contributed by atoms with Gasteiger partial charge in [-0.1, -0.05) is 17.7 Å². The molecule has 0 N–H and O–H groups in total. The second-order valence-electron chi connectivity index (χ2n) is 6.89. The first kappa shape index (κ1) is 18.6. The Morgan fingerprint density at radius 1 is 1.54 bits per heavy atom. The molecular weight excluding hydrogens is 328 g/mol. The predicted molar refractivity (Wildman–Crippen MR) is 94.6 cm³/mol. The number of hydrogen-bond acceptors (Lipinski definition) is 4. The predicted octanol–water partition coefficient (Wildman–Crippen LogP) is 4.24. The van der Waals surface area contributed by atoms with E-state index in [1.54, 1.807) is 17.2 Å².